The summed E-state index contributed by atoms with van der Waals surface area (Å²) in [4.78, 5) is 10.7. The van der Waals surface area contributed by atoms with E-state index in [0.29, 0.717) is 18.1 Å². The number of allylic oxidation sites excluding steroid dienone is 2. The third kappa shape index (κ3) is 4.06. The van der Waals surface area contributed by atoms with Gasteiger partial charge >= 0.3 is 5.97 Å². The largest absolute Gasteiger partial charge is 0.508 e. The fourth-order valence-corrected chi connectivity index (χ4v) is 4.94. The number of benzene rings is 1. The molecule has 1 aromatic rings. The van der Waals surface area contributed by atoms with Crippen LogP contribution in [-0.2, 0) is 10.2 Å². The number of ether oxygens (including phenoxy) is 1. The molecule has 0 unspecified atom stereocenters. The van der Waals surface area contributed by atoms with Crippen molar-refractivity contribution in [3.05, 3.63) is 34.9 Å². The van der Waals surface area contributed by atoms with Gasteiger partial charge in [-0.1, -0.05) is 31.9 Å². The molecule has 1 aromatic carbocycles. The number of carboxylic acid groups (broad SMARTS) is 1. The molecular weight excluding hydrogens is 352 g/mol. The van der Waals surface area contributed by atoms with Gasteiger partial charge in [0.15, 0.2) is 0 Å². The lowest BCUT2D eigenvalue weighted by atomic mass is 9.66. The lowest BCUT2D eigenvalue weighted by Gasteiger charge is -2.47. The number of rotatable bonds is 6. The fourth-order valence-electron chi connectivity index (χ4n) is 4.94. The molecule has 1 aliphatic heterocycles. The van der Waals surface area contributed by atoms with Crippen molar-refractivity contribution in [2.75, 3.05) is 0 Å². The highest BCUT2D eigenvalue weighted by atomic mass is 16.5. The van der Waals surface area contributed by atoms with Gasteiger partial charge in [0.1, 0.15) is 17.1 Å². The average Bonchev–Trinajstić information content (AvgIpc) is 2.57. The summed E-state index contributed by atoms with van der Waals surface area (Å²) in [7, 11) is 0. The van der Waals surface area contributed by atoms with E-state index < -0.39 is 5.97 Å². The van der Waals surface area contributed by atoms with Crippen LogP contribution in [0.3, 0.4) is 0 Å². The van der Waals surface area contributed by atoms with E-state index >= 15 is 0 Å². The van der Waals surface area contributed by atoms with Gasteiger partial charge in [-0.2, -0.15) is 0 Å². The van der Waals surface area contributed by atoms with E-state index in [9.17, 15) is 9.90 Å². The Balaban J connectivity index is 1.89. The summed E-state index contributed by atoms with van der Waals surface area (Å²) in [5.41, 5.74) is 2.97. The molecule has 28 heavy (non-hydrogen) atoms. The standard InChI is InChI=1S/C24H34O4/c1-15-9-10-18-17(12-15)22-19(25)13-16(14-20(22)28-24(18,4)5)23(2,3)11-7-6-8-21(26)27/h9,13-14,17-18,25H,6-8,10-12H2,1-5H3,(H,26,27)/t17-,18-/m1/s1. The molecule has 0 spiro atoms. The molecule has 2 atom stereocenters. The molecule has 2 aliphatic rings. The second-order valence-corrected chi connectivity index (χ2v) is 9.80. The molecule has 4 nitrogen and oxygen atoms in total. The molecule has 4 heteroatoms. The Hall–Kier alpha value is -1.97. The van der Waals surface area contributed by atoms with Crippen molar-refractivity contribution in [3.63, 3.8) is 0 Å². The zero-order valence-corrected chi connectivity index (χ0v) is 17.8. The van der Waals surface area contributed by atoms with Crippen LogP contribution in [0.15, 0.2) is 23.8 Å². The first kappa shape index (κ1) is 20.8. The van der Waals surface area contributed by atoms with E-state index in [0.717, 1.165) is 42.6 Å². The summed E-state index contributed by atoms with van der Waals surface area (Å²) in [5.74, 6) is 1.06. The van der Waals surface area contributed by atoms with E-state index in [2.05, 4.69) is 46.8 Å². The maximum absolute atomic E-state index is 11.0. The maximum Gasteiger partial charge on any atom is 0.303 e. The predicted molar refractivity (Wildman–Crippen MR) is 111 cm³/mol. The van der Waals surface area contributed by atoms with Crippen LogP contribution in [0.5, 0.6) is 11.5 Å². The number of unbranched alkanes of at least 4 members (excludes halogenated alkanes) is 1. The van der Waals surface area contributed by atoms with Crippen LogP contribution in [-0.4, -0.2) is 21.8 Å². The van der Waals surface area contributed by atoms with Crippen molar-refractivity contribution in [1.82, 2.24) is 0 Å². The highest BCUT2D eigenvalue weighted by molar-refractivity contribution is 5.66. The van der Waals surface area contributed by atoms with E-state index in [4.69, 9.17) is 9.84 Å². The fraction of sp³-hybridized carbons (Fsp3) is 0.625. The molecular formula is C24H34O4. The summed E-state index contributed by atoms with van der Waals surface area (Å²) >= 11 is 0. The van der Waals surface area contributed by atoms with Gasteiger partial charge in [0, 0.05) is 23.8 Å². The van der Waals surface area contributed by atoms with Crippen molar-refractivity contribution >= 4 is 5.97 Å². The Morgan fingerprint density at radius 1 is 1.29 bits per heavy atom. The van der Waals surface area contributed by atoms with Gasteiger partial charge in [0.05, 0.1) is 0 Å². The van der Waals surface area contributed by atoms with Crippen LogP contribution in [0.4, 0.5) is 0 Å². The van der Waals surface area contributed by atoms with Crippen molar-refractivity contribution < 1.29 is 19.7 Å². The van der Waals surface area contributed by atoms with Crippen LogP contribution >= 0.6 is 0 Å². The number of hydrogen-bond acceptors (Lipinski definition) is 3. The quantitative estimate of drug-likeness (QED) is 0.470. The third-order valence-corrected chi connectivity index (χ3v) is 6.73. The molecule has 2 N–H and O–H groups in total. The number of aromatic hydroxyl groups is 1. The number of hydrogen-bond donors (Lipinski definition) is 2. The van der Waals surface area contributed by atoms with Gasteiger partial charge in [-0.25, -0.2) is 0 Å². The minimum atomic E-state index is -0.744. The number of carbonyl (C=O) groups is 1. The monoisotopic (exact) mass is 386 g/mol. The van der Waals surface area contributed by atoms with Crippen LogP contribution in [0, 0.1) is 5.92 Å². The lowest BCUT2D eigenvalue weighted by molar-refractivity contribution is -0.137. The Labute approximate surface area is 168 Å². The highest BCUT2D eigenvalue weighted by Crippen LogP contribution is 2.54. The first-order chi connectivity index (χ1) is 13.0. The van der Waals surface area contributed by atoms with Crippen LogP contribution < -0.4 is 4.74 Å². The topological polar surface area (TPSA) is 66.8 Å². The van der Waals surface area contributed by atoms with E-state index in [1.807, 2.05) is 6.07 Å². The molecule has 0 fully saturated rings. The Kier molecular flexibility index (Phi) is 5.53. The molecule has 3 rings (SSSR count). The molecule has 0 radical (unpaired) electrons. The van der Waals surface area contributed by atoms with Crippen LogP contribution in [0.2, 0.25) is 0 Å². The molecule has 1 heterocycles. The number of fused-ring (bicyclic) bond motifs is 3. The Morgan fingerprint density at radius 3 is 2.68 bits per heavy atom. The third-order valence-electron chi connectivity index (χ3n) is 6.73. The minimum Gasteiger partial charge on any atom is -0.508 e. The van der Waals surface area contributed by atoms with Gasteiger partial charge in [0.2, 0.25) is 0 Å². The zero-order chi connectivity index (χ0) is 20.7. The Bertz CT molecular complexity index is 788. The maximum atomic E-state index is 11.0. The van der Waals surface area contributed by atoms with Gasteiger partial charge in [-0.3, -0.25) is 4.79 Å². The number of phenols is 1. The van der Waals surface area contributed by atoms with E-state index in [1.54, 1.807) is 0 Å². The summed E-state index contributed by atoms with van der Waals surface area (Å²) in [6, 6.07) is 4.01. The molecule has 1 aliphatic carbocycles. The second-order valence-electron chi connectivity index (χ2n) is 9.80. The minimum absolute atomic E-state index is 0.155. The van der Waals surface area contributed by atoms with Crippen molar-refractivity contribution in [1.29, 1.82) is 0 Å². The first-order valence-electron chi connectivity index (χ1n) is 10.4. The Morgan fingerprint density at radius 2 is 2.00 bits per heavy atom. The molecule has 0 bridgehead atoms. The smallest absolute Gasteiger partial charge is 0.303 e. The number of carboxylic acids is 1. The second kappa shape index (κ2) is 7.46. The van der Waals surface area contributed by atoms with Crippen molar-refractivity contribution in [2.24, 2.45) is 5.92 Å². The summed E-state index contributed by atoms with van der Waals surface area (Å²) in [5, 5.41) is 19.8. The van der Waals surface area contributed by atoms with Gasteiger partial charge in [-0.15, -0.1) is 0 Å². The average molecular weight is 387 g/mol. The SMILES string of the molecule is CC1=CC[C@@H]2[C@@H](C1)c1c(O)cc(C(C)(C)CCCCC(=O)O)cc1OC2(C)C. The van der Waals surface area contributed by atoms with Crippen LogP contribution in [0.1, 0.15) is 90.2 Å². The molecule has 0 amide bonds. The number of phenolic OH excluding ortho intramolecular Hbond substituents is 1. The summed E-state index contributed by atoms with van der Waals surface area (Å²) < 4.78 is 6.43. The summed E-state index contributed by atoms with van der Waals surface area (Å²) in [6.07, 6.45) is 6.86. The molecule has 0 aromatic heterocycles. The van der Waals surface area contributed by atoms with E-state index in [1.165, 1.54) is 5.57 Å². The van der Waals surface area contributed by atoms with Crippen LogP contribution in [0.25, 0.3) is 0 Å². The van der Waals surface area contributed by atoms with Gasteiger partial charge in [-0.05, 0) is 69.6 Å². The molecule has 154 valence electrons. The number of aliphatic carboxylic acids is 1. The van der Waals surface area contributed by atoms with E-state index in [-0.39, 0.29) is 23.4 Å². The van der Waals surface area contributed by atoms with Crippen molar-refractivity contribution in [2.45, 2.75) is 90.1 Å². The van der Waals surface area contributed by atoms with Gasteiger partial charge < -0.3 is 14.9 Å². The lowest BCUT2D eigenvalue weighted by Crippen LogP contribution is -2.45. The summed E-state index contributed by atoms with van der Waals surface area (Å²) in [6.45, 7) is 10.8. The highest BCUT2D eigenvalue weighted by Gasteiger charge is 2.46. The van der Waals surface area contributed by atoms with Crippen molar-refractivity contribution in [3.8, 4) is 11.5 Å². The first-order valence-corrected chi connectivity index (χ1v) is 10.4. The van der Waals surface area contributed by atoms with Gasteiger partial charge in [0.25, 0.3) is 0 Å². The molecule has 0 saturated heterocycles. The zero-order valence-electron chi connectivity index (χ0n) is 17.8. The normalized spacial score (nSPS) is 23.2. The molecule has 0 saturated carbocycles. The predicted octanol–water partition coefficient (Wildman–Crippen LogP) is 5.93.